The Hall–Kier alpha value is -0.0300. The van der Waals surface area contributed by atoms with E-state index in [-0.39, 0.29) is 30.9 Å². The molecule has 1 unspecified atom stereocenters. The summed E-state index contributed by atoms with van der Waals surface area (Å²) in [5.41, 5.74) is 6.03. The number of hydrogen-bond acceptors (Lipinski definition) is 3. The van der Waals surface area contributed by atoms with Crippen molar-refractivity contribution >= 4 is 30.7 Å². The first-order valence-corrected chi connectivity index (χ1v) is 6.81. The minimum atomic E-state index is 0. The summed E-state index contributed by atoms with van der Waals surface area (Å²) in [5.74, 6) is 0.738. The van der Waals surface area contributed by atoms with Crippen LogP contribution in [0.4, 0.5) is 0 Å². The molecule has 1 amide bonds. The Kier molecular flexibility index (Phi) is 8.29. The van der Waals surface area contributed by atoms with Crippen LogP contribution in [0, 0.1) is 5.92 Å². The lowest BCUT2D eigenvalue weighted by Crippen LogP contribution is -2.53. The topological polar surface area (TPSA) is 49.6 Å². The highest BCUT2D eigenvalue weighted by Crippen LogP contribution is 2.27. The fourth-order valence-electron chi connectivity index (χ4n) is 3.17. The van der Waals surface area contributed by atoms with Crippen LogP contribution in [0.1, 0.15) is 32.6 Å². The normalized spacial score (nSPS) is 31.5. The first kappa shape index (κ1) is 19.0. The molecule has 1 saturated heterocycles. The molecule has 114 valence electrons. The van der Waals surface area contributed by atoms with Crippen LogP contribution in [0.3, 0.4) is 0 Å². The molecule has 1 aliphatic heterocycles. The van der Waals surface area contributed by atoms with Gasteiger partial charge in [0.1, 0.15) is 0 Å². The number of hydrogen-bond donors (Lipinski definition) is 1. The van der Waals surface area contributed by atoms with Crippen LogP contribution in [0.5, 0.6) is 0 Å². The Morgan fingerprint density at radius 2 is 1.95 bits per heavy atom. The number of piperazine rings is 1. The van der Waals surface area contributed by atoms with Crippen molar-refractivity contribution in [2.45, 2.75) is 44.7 Å². The maximum absolute atomic E-state index is 12.3. The number of amides is 1. The summed E-state index contributed by atoms with van der Waals surface area (Å²) >= 11 is 0. The molecule has 0 aromatic heterocycles. The molecule has 2 rings (SSSR count). The zero-order valence-electron chi connectivity index (χ0n) is 11.9. The molecule has 0 radical (unpaired) electrons. The third-order valence-electron chi connectivity index (χ3n) is 4.31. The molecule has 19 heavy (non-hydrogen) atoms. The van der Waals surface area contributed by atoms with Crippen LogP contribution in [0.15, 0.2) is 0 Å². The Morgan fingerprint density at radius 3 is 2.47 bits per heavy atom. The summed E-state index contributed by atoms with van der Waals surface area (Å²) in [5, 5.41) is 0. The molecular formula is C13H27Cl2N3O. The standard InChI is InChI=1S/C13H25N3O.2ClH/c1-10-9-15(2)6-7-16(10)13(17)8-11-4-3-5-12(11)14;;/h10-12H,3-9,14H2,1-2H3;2*1H/t10?,11-,12+;;/m0../s1. The molecule has 4 nitrogen and oxygen atoms in total. The highest BCUT2D eigenvalue weighted by molar-refractivity contribution is 5.85. The van der Waals surface area contributed by atoms with Gasteiger partial charge in [0.15, 0.2) is 0 Å². The predicted octanol–water partition coefficient (Wildman–Crippen LogP) is 1.51. The highest BCUT2D eigenvalue weighted by Gasteiger charge is 2.31. The quantitative estimate of drug-likeness (QED) is 0.841. The molecular weight excluding hydrogens is 285 g/mol. The minimum absolute atomic E-state index is 0. The molecule has 1 heterocycles. The van der Waals surface area contributed by atoms with E-state index in [0.29, 0.717) is 24.3 Å². The molecule has 2 N–H and O–H groups in total. The van der Waals surface area contributed by atoms with Crippen molar-refractivity contribution in [3.05, 3.63) is 0 Å². The lowest BCUT2D eigenvalue weighted by atomic mass is 9.98. The maximum atomic E-state index is 12.3. The Morgan fingerprint density at radius 1 is 1.26 bits per heavy atom. The summed E-state index contributed by atoms with van der Waals surface area (Å²) in [7, 11) is 2.12. The van der Waals surface area contributed by atoms with Crippen LogP contribution in [0.25, 0.3) is 0 Å². The number of carbonyl (C=O) groups is 1. The third kappa shape index (κ3) is 4.78. The second-order valence-corrected chi connectivity index (χ2v) is 5.76. The first-order chi connectivity index (χ1) is 8.08. The van der Waals surface area contributed by atoms with Gasteiger partial charge in [-0.3, -0.25) is 4.79 Å². The number of halogens is 2. The molecule has 0 aromatic rings. The van der Waals surface area contributed by atoms with E-state index in [0.717, 1.165) is 32.5 Å². The molecule has 2 aliphatic rings. The average Bonchev–Trinajstić information content (AvgIpc) is 2.64. The second kappa shape index (κ2) is 8.30. The molecule has 0 spiro atoms. The molecule has 2 fully saturated rings. The summed E-state index contributed by atoms with van der Waals surface area (Å²) in [4.78, 5) is 16.6. The van der Waals surface area contributed by atoms with Gasteiger partial charge in [-0.05, 0) is 32.7 Å². The van der Waals surface area contributed by atoms with Gasteiger partial charge in [-0.25, -0.2) is 0 Å². The van der Waals surface area contributed by atoms with E-state index in [1.54, 1.807) is 0 Å². The fourth-order valence-corrected chi connectivity index (χ4v) is 3.17. The van der Waals surface area contributed by atoms with Gasteiger partial charge in [0, 0.05) is 38.1 Å². The van der Waals surface area contributed by atoms with Crippen molar-refractivity contribution in [1.29, 1.82) is 0 Å². The lowest BCUT2D eigenvalue weighted by molar-refractivity contribution is -0.136. The molecule has 1 saturated carbocycles. The van der Waals surface area contributed by atoms with Gasteiger partial charge < -0.3 is 15.5 Å². The van der Waals surface area contributed by atoms with E-state index in [1.807, 2.05) is 4.90 Å². The van der Waals surface area contributed by atoms with Crippen molar-refractivity contribution in [1.82, 2.24) is 9.80 Å². The van der Waals surface area contributed by atoms with Crippen molar-refractivity contribution in [3.63, 3.8) is 0 Å². The average molecular weight is 312 g/mol. The van der Waals surface area contributed by atoms with Crippen molar-refractivity contribution in [2.75, 3.05) is 26.7 Å². The Labute approximate surface area is 128 Å². The van der Waals surface area contributed by atoms with Gasteiger partial charge in [0.2, 0.25) is 5.91 Å². The molecule has 0 aromatic carbocycles. The van der Waals surface area contributed by atoms with Crippen LogP contribution in [-0.4, -0.2) is 54.5 Å². The largest absolute Gasteiger partial charge is 0.337 e. The van der Waals surface area contributed by atoms with E-state index < -0.39 is 0 Å². The van der Waals surface area contributed by atoms with Crippen LogP contribution in [0.2, 0.25) is 0 Å². The van der Waals surface area contributed by atoms with Crippen LogP contribution < -0.4 is 5.73 Å². The monoisotopic (exact) mass is 311 g/mol. The van der Waals surface area contributed by atoms with Gasteiger partial charge in [-0.2, -0.15) is 0 Å². The third-order valence-corrected chi connectivity index (χ3v) is 4.31. The fraction of sp³-hybridized carbons (Fsp3) is 0.923. The van der Waals surface area contributed by atoms with Gasteiger partial charge in [-0.1, -0.05) is 6.42 Å². The van der Waals surface area contributed by atoms with E-state index in [4.69, 9.17) is 5.73 Å². The number of nitrogens with two attached hydrogens (primary N) is 1. The zero-order chi connectivity index (χ0) is 12.4. The van der Waals surface area contributed by atoms with E-state index in [9.17, 15) is 4.79 Å². The van der Waals surface area contributed by atoms with Gasteiger partial charge in [0.05, 0.1) is 0 Å². The summed E-state index contributed by atoms with van der Waals surface area (Å²) < 4.78 is 0. The number of nitrogens with zero attached hydrogens (tertiary/aromatic N) is 2. The van der Waals surface area contributed by atoms with Crippen LogP contribution >= 0.6 is 24.8 Å². The van der Waals surface area contributed by atoms with Crippen LogP contribution in [-0.2, 0) is 4.79 Å². The van der Waals surface area contributed by atoms with Gasteiger partial charge in [-0.15, -0.1) is 24.8 Å². The predicted molar refractivity (Wildman–Crippen MR) is 83.1 cm³/mol. The second-order valence-electron chi connectivity index (χ2n) is 5.76. The number of likely N-dealkylation sites (N-methyl/N-ethyl adjacent to an activating group) is 1. The highest BCUT2D eigenvalue weighted by atomic mass is 35.5. The van der Waals surface area contributed by atoms with Crippen molar-refractivity contribution < 1.29 is 4.79 Å². The SMILES string of the molecule is CC1CN(C)CCN1C(=O)C[C@@H]1CCC[C@H]1N.Cl.Cl. The van der Waals surface area contributed by atoms with E-state index in [2.05, 4.69) is 18.9 Å². The molecule has 0 bridgehead atoms. The molecule has 6 heteroatoms. The van der Waals surface area contributed by atoms with Gasteiger partial charge >= 0.3 is 0 Å². The minimum Gasteiger partial charge on any atom is -0.337 e. The summed E-state index contributed by atoms with van der Waals surface area (Å²) in [6, 6.07) is 0.598. The molecule has 3 atom stereocenters. The zero-order valence-corrected chi connectivity index (χ0v) is 13.5. The smallest absolute Gasteiger partial charge is 0.223 e. The maximum Gasteiger partial charge on any atom is 0.223 e. The molecule has 1 aliphatic carbocycles. The van der Waals surface area contributed by atoms with E-state index in [1.165, 1.54) is 6.42 Å². The van der Waals surface area contributed by atoms with Crippen molar-refractivity contribution in [2.24, 2.45) is 11.7 Å². The van der Waals surface area contributed by atoms with Crippen molar-refractivity contribution in [3.8, 4) is 0 Å². The summed E-state index contributed by atoms with van der Waals surface area (Å²) in [6.07, 6.45) is 4.08. The Balaban J connectivity index is 0.00000162. The van der Waals surface area contributed by atoms with E-state index >= 15 is 0 Å². The lowest BCUT2D eigenvalue weighted by Gasteiger charge is -2.38. The Bertz CT molecular complexity index is 291. The van der Waals surface area contributed by atoms with Gasteiger partial charge in [0.25, 0.3) is 0 Å². The number of carbonyl (C=O) groups excluding carboxylic acids is 1. The first-order valence-electron chi connectivity index (χ1n) is 6.81. The number of rotatable bonds is 2. The summed E-state index contributed by atoms with van der Waals surface area (Å²) in [6.45, 7) is 5.00.